The molecule has 2 nitrogen and oxygen atoms in total. The lowest BCUT2D eigenvalue weighted by Crippen LogP contribution is -2.05. The Morgan fingerprint density at radius 1 is 1.75 bits per heavy atom. The van der Waals surface area contributed by atoms with Gasteiger partial charge in [0.1, 0.15) is 0 Å². The molecule has 1 heterocycles. The molecule has 0 aliphatic heterocycles. The maximum atomic E-state index is 10.4. The van der Waals surface area contributed by atoms with Gasteiger partial charge in [0.15, 0.2) is 0 Å². The summed E-state index contributed by atoms with van der Waals surface area (Å²) in [6.45, 7) is 0. The molecule has 0 bridgehead atoms. The fraction of sp³-hybridized carbons (Fsp3) is 0.250. The van der Waals surface area contributed by atoms with Crippen LogP contribution in [0.15, 0.2) is 16.2 Å². The summed E-state index contributed by atoms with van der Waals surface area (Å²) in [5.41, 5.74) is 0.0741. The summed E-state index contributed by atoms with van der Waals surface area (Å²) >= 11 is 1.41. The number of hydrogen-bond acceptors (Lipinski definition) is 2. The molecule has 1 rings (SSSR count). The van der Waals surface area contributed by atoms with Crippen LogP contribution in [0.3, 0.4) is 0 Å². The van der Waals surface area contributed by atoms with Crippen LogP contribution in [-0.4, -0.2) is 27.0 Å². The molecule has 0 amide bonds. The largest absolute Gasteiger partial charge is 0.268 e. The minimum atomic E-state index is 0. The Bertz CT molecular complexity index is 204. The third-order valence-corrected chi connectivity index (χ3v) is 1.49. The minimum absolute atomic E-state index is 0. The summed E-state index contributed by atoms with van der Waals surface area (Å²) in [7, 11) is 1.74. The predicted octanol–water partition coefficient (Wildman–Crippen LogP) is 0.0660. The topological polar surface area (TPSA) is 22.0 Å². The molecule has 1 aromatic heterocycles. The number of nitrogens with zero attached hydrogens (tertiary/aromatic N) is 1. The van der Waals surface area contributed by atoms with Crippen LogP contribution < -0.4 is 5.56 Å². The highest BCUT2D eigenvalue weighted by molar-refractivity contribution is 7.04. The van der Waals surface area contributed by atoms with E-state index in [-0.39, 0.29) is 28.6 Å². The van der Waals surface area contributed by atoms with Crippen LogP contribution in [0.4, 0.5) is 0 Å². The van der Waals surface area contributed by atoms with Crippen molar-refractivity contribution in [3.8, 4) is 0 Å². The van der Waals surface area contributed by atoms with Crippen molar-refractivity contribution in [3.05, 3.63) is 21.8 Å². The van der Waals surface area contributed by atoms with Crippen molar-refractivity contribution >= 4 is 34.6 Å². The molecule has 0 atom stereocenters. The first-order valence-electron chi connectivity index (χ1n) is 1.92. The summed E-state index contributed by atoms with van der Waals surface area (Å²) in [5.74, 6) is 0. The standard InChI is InChI=1S/C4H5NOS.Mg/c1-5-4(6)2-3-7-5;/h2-3H,1H3;. The van der Waals surface area contributed by atoms with Gasteiger partial charge in [-0.15, -0.1) is 0 Å². The van der Waals surface area contributed by atoms with Gasteiger partial charge in [0, 0.05) is 41.5 Å². The van der Waals surface area contributed by atoms with Crippen LogP contribution in [0, 0.1) is 0 Å². The van der Waals surface area contributed by atoms with E-state index in [1.165, 1.54) is 11.5 Å². The molecule has 0 fully saturated rings. The van der Waals surface area contributed by atoms with Crippen LogP contribution in [-0.2, 0) is 7.05 Å². The first-order valence-corrected chi connectivity index (χ1v) is 2.75. The van der Waals surface area contributed by atoms with E-state index in [4.69, 9.17) is 0 Å². The Balaban J connectivity index is 0.000000490. The molecular formula is C4H5MgNOS. The minimum Gasteiger partial charge on any atom is -0.268 e. The molecule has 0 aliphatic rings. The van der Waals surface area contributed by atoms with Crippen LogP contribution in [0.5, 0.6) is 0 Å². The van der Waals surface area contributed by atoms with Gasteiger partial charge in [-0.25, -0.2) is 0 Å². The van der Waals surface area contributed by atoms with Gasteiger partial charge < -0.3 is 0 Å². The van der Waals surface area contributed by atoms with Gasteiger partial charge in [-0.1, -0.05) is 11.5 Å². The smallest absolute Gasteiger partial charge is 0.260 e. The van der Waals surface area contributed by atoms with Gasteiger partial charge >= 0.3 is 0 Å². The molecule has 8 heavy (non-hydrogen) atoms. The molecule has 0 N–H and O–H groups in total. The molecule has 0 aliphatic carbocycles. The quantitative estimate of drug-likeness (QED) is 0.466. The lowest BCUT2D eigenvalue weighted by Gasteiger charge is -1.76. The average molecular weight is 139 g/mol. The summed E-state index contributed by atoms with van der Waals surface area (Å²) in [6, 6.07) is 1.55. The second kappa shape index (κ2) is 3.27. The highest BCUT2D eigenvalue weighted by Crippen LogP contribution is 1.84. The van der Waals surface area contributed by atoms with Crippen molar-refractivity contribution in [2.45, 2.75) is 0 Å². The maximum Gasteiger partial charge on any atom is 0.260 e. The van der Waals surface area contributed by atoms with Crippen molar-refractivity contribution < 1.29 is 0 Å². The van der Waals surface area contributed by atoms with Crippen molar-refractivity contribution in [2.24, 2.45) is 7.05 Å². The van der Waals surface area contributed by atoms with Gasteiger partial charge in [-0.05, 0) is 0 Å². The van der Waals surface area contributed by atoms with Crippen LogP contribution in [0.2, 0.25) is 0 Å². The zero-order valence-electron chi connectivity index (χ0n) is 4.63. The third kappa shape index (κ3) is 1.61. The molecule has 0 saturated carbocycles. The van der Waals surface area contributed by atoms with Crippen LogP contribution in [0.25, 0.3) is 0 Å². The lowest BCUT2D eigenvalue weighted by atomic mass is 10.7. The molecule has 0 unspecified atom stereocenters. The summed E-state index contributed by atoms with van der Waals surface area (Å²) in [4.78, 5) is 10.4. The van der Waals surface area contributed by atoms with Crippen molar-refractivity contribution in [2.75, 3.05) is 0 Å². The molecule has 1 aromatic rings. The van der Waals surface area contributed by atoms with E-state index in [2.05, 4.69) is 0 Å². The van der Waals surface area contributed by atoms with Gasteiger partial charge in [0.25, 0.3) is 5.56 Å². The van der Waals surface area contributed by atoms with Gasteiger partial charge in [0.05, 0.1) is 0 Å². The SMILES string of the molecule is Cn1sccc1=O.[Mg]. The average Bonchev–Trinajstić information content (AvgIpc) is 1.91. The molecule has 0 aromatic carbocycles. The van der Waals surface area contributed by atoms with Crippen molar-refractivity contribution in [1.82, 2.24) is 3.96 Å². The van der Waals surface area contributed by atoms with E-state index >= 15 is 0 Å². The van der Waals surface area contributed by atoms with Crippen LogP contribution in [0.1, 0.15) is 0 Å². The first-order chi connectivity index (χ1) is 3.30. The fourth-order valence-corrected chi connectivity index (χ4v) is 0.861. The lowest BCUT2D eigenvalue weighted by molar-refractivity contribution is 0.981. The predicted molar refractivity (Wildman–Crippen MR) is 35.3 cm³/mol. The van der Waals surface area contributed by atoms with Gasteiger partial charge in [0.2, 0.25) is 0 Å². The van der Waals surface area contributed by atoms with Gasteiger partial charge in [-0.3, -0.25) is 8.75 Å². The van der Waals surface area contributed by atoms with E-state index in [9.17, 15) is 4.79 Å². The molecule has 0 saturated heterocycles. The first kappa shape index (κ1) is 8.20. The second-order valence-corrected chi connectivity index (χ2v) is 2.27. The molecule has 40 valence electrons. The number of hydrogen-bond donors (Lipinski definition) is 0. The molecule has 0 spiro atoms. The van der Waals surface area contributed by atoms with E-state index in [1.54, 1.807) is 22.5 Å². The third-order valence-electron chi connectivity index (χ3n) is 0.740. The second-order valence-electron chi connectivity index (χ2n) is 1.24. The summed E-state index contributed by atoms with van der Waals surface area (Å²) < 4.78 is 1.57. The Morgan fingerprint density at radius 3 is 2.50 bits per heavy atom. The monoisotopic (exact) mass is 139 g/mol. The van der Waals surface area contributed by atoms with Crippen molar-refractivity contribution in [3.63, 3.8) is 0 Å². The van der Waals surface area contributed by atoms with E-state index in [1.807, 2.05) is 0 Å². The normalized spacial score (nSPS) is 8.12. The molecule has 2 radical (unpaired) electrons. The van der Waals surface area contributed by atoms with Gasteiger partial charge in [-0.2, -0.15) is 0 Å². The Kier molecular flexibility index (Phi) is 3.35. The zero-order chi connectivity index (χ0) is 5.28. The highest BCUT2D eigenvalue weighted by atomic mass is 32.1. The molecular weight excluding hydrogens is 134 g/mol. The number of rotatable bonds is 0. The van der Waals surface area contributed by atoms with Crippen molar-refractivity contribution in [1.29, 1.82) is 0 Å². The van der Waals surface area contributed by atoms with E-state index < -0.39 is 0 Å². The Labute approximate surface area is 67.4 Å². The number of aromatic nitrogens is 1. The summed E-state index contributed by atoms with van der Waals surface area (Å²) in [6.07, 6.45) is 0. The Morgan fingerprint density at radius 2 is 2.38 bits per heavy atom. The van der Waals surface area contributed by atoms with E-state index in [0.717, 1.165) is 0 Å². The van der Waals surface area contributed by atoms with Crippen LogP contribution >= 0.6 is 11.5 Å². The Hall–Kier alpha value is 0.196. The number of aryl methyl sites for hydroxylation is 1. The maximum absolute atomic E-state index is 10.4. The zero-order valence-corrected chi connectivity index (χ0v) is 6.86. The fourth-order valence-electron chi connectivity index (χ4n) is 0.337. The highest BCUT2D eigenvalue weighted by Gasteiger charge is 1.82. The summed E-state index contributed by atoms with van der Waals surface area (Å²) in [5, 5.41) is 1.77. The van der Waals surface area contributed by atoms with E-state index in [0.29, 0.717) is 0 Å². The molecule has 4 heteroatoms.